The van der Waals surface area contributed by atoms with Crippen molar-refractivity contribution >= 4 is 17.6 Å². The highest BCUT2D eigenvalue weighted by molar-refractivity contribution is 6.30. The summed E-state index contributed by atoms with van der Waals surface area (Å²) in [4.78, 5) is 11.7. The van der Waals surface area contributed by atoms with Gasteiger partial charge in [-0.05, 0) is 31.4 Å². The van der Waals surface area contributed by atoms with Crippen LogP contribution in [0.25, 0.3) is 0 Å². The highest BCUT2D eigenvalue weighted by Gasteiger charge is 2.48. The Hall–Kier alpha value is -0.820. The minimum atomic E-state index is -2.70. The van der Waals surface area contributed by atoms with Gasteiger partial charge >= 0.3 is 5.97 Å². The Kier molecular flexibility index (Phi) is 7.23. The molecule has 0 radical (unpaired) electrons. The van der Waals surface area contributed by atoms with Gasteiger partial charge in [-0.2, -0.15) is 0 Å². The minimum absolute atomic E-state index is 0.00144. The maximum atomic E-state index is 13.0. The molecule has 5 heteroatoms. The van der Waals surface area contributed by atoms with Crippen molar-refractivity contribution in [3.63, 3.8) is 0 Å². The van der Waals surface area contributed by atoms with Crippen LogP contribution in [0.5, 0.6) is 0 Å². The molecule has 0 aromatic carbocycles. The van der Waals surface area contributed by atoms with Crippen LogP contribution < -0.4 is 0 Å². The number of carbonyl (C=O) groups is 1. The average molecular weight is 281 g/mol. The SMILES string of the molecule is CC.CCOC(=O)C1(C#CCl)CCC(F)(F)CC1. The van der Waals surface area contributed by atoms with Gasteiger partial charge in [0.15, 0.2) is 0 Å². The molecule has 0 aliphatic heterocycles. The second-order valence-corrected chi connectivity index (χ2v) is 4.07. The Morgan fingerprint density at radius 1 is 1.28 bits per heavy atom. The second kappa shape index (κ2) is 7.58. The zero-order valence-electron chi connectivity index (χ0n) is 11.0. The molecule has 1 aliphatic carbocycles. The summed E-state index contributed by atoms with van der Waals surface area (Å²) in [6.07, 6.45) is -0.703. The van der Waals surface area contributed by atoms with E-state index >= 15 is 0 Å². The van der Waals surface area contributed by atoms with E-state index in [9.17, 15) is 13.6 Å². The van der Waals surface area contributed by atoms with E-state index in [-0.39, 0.29) is 32.3 Å². The third kappa shape index (κ3) is 4.45. The first-order valence-electron chi connectivity index (χ1n) is 6.14. The molecule has 0 aromatic heterocycles. The lowest BCUT2D eigenvalue weighted by atomic mass is 9.73. The van der Waals surface area contributed by atoms with Crippen molar-refractivity contribution in [1.82, 2.24) is 0 Å². The lowest BCUT2D eigenvalue weighted by Crippen LogP contribution is -2.39. The Morgan fingerprint density at radius 3 is 2.17 bits per heavy atom. The molecule has 0 bridgehead atoms. The molecule has 0 N–H and O–H groups in total. The van der Waals surface area contributed by atoms with E-state index in [1.807, 2.05) is 13.8 Å². The van der Waals surface area contributed by atoms with E-state index < -0.39 is 17.3 Å². The van der Waals surface area contributed by atoms with E-state index in [2.05, 4.69) is 11.3 Å². The number of alkyl halides is 2. The summed E-state index contributed by atoms with van der Waals surface area (Å²) >= 11 is 5.28. The molecule has 0 heterocycles. The largest absolute Gasteiger partial charge is 0.465 e. The highest BCUT2D eigenvalue weighted by Crippen LogP contribution is 2.44. The zero-order chi connectivity index (χ0) is 14.2. The fraction of sp³-hybridized carbons (Fsp3) is 0.769. The number of ether oxygens (including phenoxy) is 1. The van der Waals surface area contributed by atoms with Gasteiger partial charge in [-0.15, -0.1) is 0 Å². The molecular formula is C13H19ClF2O2. The Labute approximate surface area is 112 Å². The molecule has 2 nitrogen and oxygen atoms in total. The third-order valence-corrected chi connectivity index (χ3v) is 2.88. The average Bonchev–Trinajstić information content (AvgIpc) is 2.35. The number of hydrogen-bond acceptors (Lipinski definition) is 2. The molecule has 0 spiro atoms. The fourth-order valence-corrected chi connectivity index (χ4v) is 1.96. The first kappa shape index (κ1) is 17.2. The fourth-order valence-electron chi connectivity index (χ4n) is 1.78. The lowest BCUT2D eigenvalue weighted by molar-refractivity contribution is -0.157. The Balaban J connectivity index is 0.00000137. The number of carbonyl (C=O) groups excluding carboxylic acids is 1. The standard InChI is InChI=1S/C11H13ClF2O2.C2H6/c1-2-16-9(15)10(7-8-12)3-5-11(13,14)6-4-10;1-2/h2-6H2,1H3;1-2H3. The minimum Gasteiger partial charge on any atom is -0.465 e. The molecule has 0 atom stereocenters. The van der Waals surface area contributed by atoms with Gasteiger partial charge in [0.05, 0.1) is 6.61 Å². The molecule has 0 saturated heterocycles. The van der Waals surface area contributed by atoms with Crippen molar-refractivity contribution < 1.29 is 18.3 Å². The summed E-state index contributed by atoms with van der Waals surface area (Å²) in [5.41, 5.74) is -1.14. The molecular weight excluding hydrogens is 262 g/mol. The summed E-state index contributed by atoms with van der Waals surface area (Å²) in [5.74, 6) is -0.719. The summed E-state index contributed by atoms with van der Waals surface area (Å²) < 4.78 is 30.9. The van der Waals surface area contributed by atoms with Crippen LogP contribution >= 0.6 is 11.6 Å². The van der Waals surface area contributed by atoms with Gasteiger partial charge in [0.25, 0.3) is 0 Å². The van der Waals surface area contributed by atoms with Crippen LogP contribution in [0.4, 0.5) is 8.78 Å². The van der Waals surface area contributed by atoms with Gasteiger partial charge in [0.2, 0.25) is 5.92 Å². The van der Waals surface area contributed by atoms with Gasteiger partial charge in [-0.1, -0.05) is 19.8 Å². The van der Waals surface area contributed by atoms with Crippen molar-refractivity contribution in [1.29, 1.82) is 0 Å². The first-order valence-corrected chi connectivity index (χ1v) is 6.51. The van der Waals surface area contributed by atoms with Crippen molar-refractivity contribution in [2.75, 3.05) is 6.61 Å². The highest BCUT2D eigenvalue weighted by atomic mass is 35.5. The summed E-state index contributed by atoms with van der Waals surface area (Å²) in [6.45, 7) is 5.87. The monoisotopic (exact) mass is 280 g/mol. The van der Waals surface area contributed by atoms with Crippen LogP contribution in [0, 0.1) is 16.7 Å². The van der Waals surface area contributed by atoms with Crippen molar-refractivity contribution in [2.24, 2.45) is 5.41 Å². The summed E-state index contributed by atoms with van der Waals surface area (Å²) in [7, 11) is 0. The van der Waals surface area contributed by atoms with Crippen molar-refractivity contribution in [3.05, 3.63) is 0 Å². The molecule has 1 saturated carbocycles. The predicted octanol–water partition coefficient (Wildman–Crippen LogP) is 3.97. The second-order valence-electron chi connectivity index (χ2n) is 3.88. The number of hydrogen-bond donors (Lipinski definition) is 0. The van der Waals surface area contributed by atoms with E-state index in [1.54, 1.807) is 6.92 Å². The van der Waals surface area contributed by atoms with E-state index in [0.29, 0.717) is 0 Å². The first-order chi connectivity index (χ1) is 8.46. The van der Waals surface area contributed by atoms with E-state index in [0.717, 1.165) is 0 Å². The quantitative estimate of drug-likeness (QED) is 0.565. The Morgan fingerprint density at radius 2 is 1.78 bits per heavy atom. The van der Waals surface area contributed by atoms with Gasteiger partial charge < -0.3 is 4.74 Å². The lowest BCUT2D eigenvalue weighted by Gasteiger charge is -2.33. The molecule has 18 heavy (non-hydrogen) atoms. The molecule has 0 unspecified atom stereocenters. The zero-order valence-corrected chi connectivity index (χ0v) is 11.7. The van der Waals surface area contributed by atoms with Crippen LogP contribution in [0.2, 0.25) is 0 Å². The van der Waals surface area contributed by atoms with Gasteiger partial charge in [0.1, 0.15) is 5.41 Å². The van der Waals surface area contributed by atoms with Crippen LogP contribution in [-0.4, -0.2) is 18.5 Å². The van der Waals surface area contributed by atoms with Gasteiger partial charge in [-0.3, -0.25) is 4.79 Å². The number of esters is 1. The van der Waals surface area contributed by atoms with Crippen LogP contribution in [0.15, 0.2) is 0 Å². The van der Waals surface area contributed by atoms with Gasteiger partial charge in [-0.25, -0.2) is 8.78 Å². The molecule has 1 rings (SSSR count). The number of halogens is 3. The molecule has 104 valence electrons. The molecule has 1 fully saturated rings. The van der Waals surface area contributed by atoms with Crippen LogP contribution in [-0.2, 0) is 9.53 Å². The molecule has 1 aliphatic rings. The third-order valence-electron chi connectivity index (χ3n) is 2.79. The maximum Gasteiger partial charge on any atom is 0.324 e. The van der Waals surface area contributed by atoms with Gasteiger partial charge in [0, 0.05) is 18.2 Å². The maximum absolute atomic E-state index is 13.0. The van der Waals surface area contributed by atoms with Crippen molar-refractivity contribution in [2.45, 2.75) is 52.4 Å². The Bertz CT molecular complexity index is 322. The van der Waals surface area contributed by atoms with E-state index in [4.69, 9.17) is 16.3 Å². The predicted molar refractivity (Wildman–Crippen MR) is 67.5 cm³/mol. The normalized spacial score (nSPS) is 19.7. The molecule has 0 amide bonds. The smallest absolute Gasteiger partial charge is 0.324 e. The van der Waals surface area contributed by atoms with E-state index in [1.165, 1.54) is 0 Å². The topological polar surface area (TPSA) is 26.3 Å². The number of rotatable bonds is 2. The van der Waals surface area contributed by atoms with Crippen LogP contribution in [0.1, 0.15) is 46.5 Å². The molecule has 0 aromatic rings. The summed E-state index contributed by atoms with van der Waals surface area (Å²) in [5, 5.41) is 2.12. The van der Waals surface area contributed by atoms with Crippen molar-refractivity contribution in [3.8, 4) is 11.3 Å². The van der Waals surface area contributed by atoms with Crippen LogP contribution in [0.3, 0.4) is 0 Å². The summed E-state index contributed by atoms with van der Waals surface area (Å²) in [6, 6.07) is 0.